The molecule has 0 saturated heterocycles. The molecule has 4 aromatic heterocycles. The fourth-order valence-electron chi connectivity index (χ4n) is 11.0. The van der Waals surface area contributed by atoms with E-state index < -0.39 is 16.6 Å². The molecule has 0 fully saturated rings. The van der Waals surface area contributed by atoms with Crippen LogP contribution in [0.25, 0.3) is 29.9 Å². The standard InChI is InChI=1S/C27H33N3OS.C20H22FN3O2S.C17H22N2OS.C6H7N/c1-16-17(2)26(18(3)22-13-27(4,5)31-25(16)22)32-30-15-19(14-28-6)11-24(30)21-7-8-23-20(12-21)9-10-29-23;1-22-12-14-10-19(16-6-7-18-15(11-16)8-9-23-18)24(13-14)27(25,26)20-5-3-2-4-17(20)21;1-5-13(2)17-10-14(11-18-3)12-19(17)21-16-8-6-15(20-4)7-9-16;1-5-3-4-7-6(5)2/h7,9-12,15,23,28-29H,8,13-14H2,1-6H3;2-6,8-11,13,18,22-23,25-26H,7,12H2,1H3;5-10,12,18H,11H2,1-4H3;3-4,7H,1-2H2/b;;13-5+;. The second-order valence-corrected chi connectivity index (χ2v) is 26.7. The first kappa shape index (κ1) is 64.2. The zero-order valence-electron chi connectivity index (χ0n) is 51.9. The summed E-state index contributed by atoms with van der Waals surface area (Å²) in [5, 5.41) is 18.2. The third kappa shape index (κ3) is 14.8. The number of aromatic nitrogens is 4. The summed E-state index contributed by atoms with van der Waals surface area (Å²) in [5.41, 5.74) is 17.8. The highest BCUT2D eigenvalue weighted by Crippen LogP contribution is 2.53. The molecule has 0 radical (unpaired) electrons. The lowest BCUT2D eigenvalue weighted by atomic mass is 9.94. The highest BCUT2D eigenvalue weighted by Gasteiger charge is 2.35. The molecule has 3 aliphatic heterocycles. The van der Waals surface area contributed by atoms with Gasteiger partial charge in [0.25, 0.3) is 0 Å². The van der Waals surface area contributed by atoms with Crippen molar-refractivity contribution in [3.8, 4) is 11.5 Å². The third-order valence-corrected chi connectivity index (χ3v) is 20.0. The Morgan fingerprint density at radius 1 is 0.782 bits per heavy atom. The van der Waals surface area contributed by atoms with Crippen LogP contribution in [0.4, 0.5) is 4.39 Å². The van der Waals surface area contributed by atoms with Crippen LogP contribution >= 0.6 is 34.7 Å². The number of H-pyrrole nitrogens is 1. The number of ether oxygens (including phenoxy) is 2. The lowest BCUT2D eigenvalue weighted by Gasteiger charge is -2.36. The Morgan fingerprint density at radius 3 is 1.93 bits per heavy atom. The van der Waals surface area contributed by atoms with E-state index in [0.29, 0.717) is 18.3 Å². The van der Waals surface area contributed by atoms with E-state index in [1.165, 1.54) is 93.5 Å². The summed E-state index contributed by atoms with van der Waals surface area (Å²) in [5.74, 6) is 1.35. The quantitative estimate of drug-likeness (QED) is 0.0467. The topological polar surface area (TPSA) is 150 Å². The fraction of sp³-hybridized carbons (Fsp3) is 0.286. The smallest absolute Gasteiger partial charge is 0.148 e. The molecule has 0 bridgehead atoms. The lowest BCUT2D eigenvalue weighted by Crippen LogP contribution is -2.24. The molecule has 13 nitrogen and oxygen atoms in total. The molecular weight excluding hydrogens is 1150 g/mol. The Morgan fingerprint density at radius 2 is 1.37 bits per heavy atom. The van der Waals surface area contributed by atoms with Crippen molar-refractivity contribution in [2.24, 2.45) is 0 Å². The average molecular weight is 1230 g/mol. The predicted octanol–water partition coefficient (Wildman–Crippen LogP) is 13.7. The van der Waals surface area contributed by atoms with Gasteiger partial charge in [0.05, 0.1) is 36.3 Å². The van der Waals surface area contributed by atoms with Gasteiger partial charge >= 0.3 is 0 Å². The molecule has 17 heteroatoms. The Bertz CT molecular complexity index is 3920. The first-order valence-electron chi connectivity index (χ1n) is 29.3. The number of hydrogen-bond donors (Lipinski definition) is 8. The zero-order chi connectivity index (χ0) is 62.2. The number of benzene rings is 3. The van der Waals surface area contributed by atoms with Crippen molar-refractivity contribution in [2.45, 2.75) is 120 Å². The SMILES string of the molecule is C/C=C(\C)c1cc(CNC)cn1Sc1ccc(OC)cc1.C=c1cc[nH]c1=C.CNCc1cc(C2=CCC3NC=CC3=C2)n(S(O)(O)c2ccccc2F)c1.CNCc1cc(C2=CCC3NC=CC3=C2)n(Sc2c(C)c(C)c3c(c2C)CC(C)(C)O3)c1. The third-order valence-electron chi connectivity index (χ3n) is 15.9. The average Bonchev–Trinajstić information content (AvgIpc) is 1.74. The number of fused-ring (bicyclic) bond motifs is 3. The van der Waals surface area contributed by atoms with Gasteiger partial charge in [0.1, 0.15) is 27.8 Å². The van der Waals surface area contributed by atoms with E-state index in [1.807, 2.05) is 81.9 Å². The van der Waals surface area contributed by atoms with Crippen molar-refractivity contribution in [1.82, 2.24) is 43.5 Å². The predicted molar refractivity (Wildman–Crippen MR) is 363 cm³/mol. The number of nitrogens with one attached hydrogen (secondary N) is 6. The number of nitrogens with zero attached hydrogens (tertiary/aromatic N) is 3. The van der Waals surface area contributed by atoms with Gasteiger partial charge in [0, 0.05) is 71.5 Å². The summed E-state index contributed by atoms with van der Waals surface area (Å²) < 4.78 is 53.8. The Labute approximate surface area is 523 Å². The molecule has 0 amide bonds. The van der Waals surface area contributed by atoms with Gasteiger partial charge in [-0.05, 0) is 270 Å². The molecular formula is C70H84FN9O4S3. The molecule has 7 aromatic rings. The molecule has 0 spiro atoms. The highest BCUT2D eigenvalue weighted by molar-refractivity contribution is 8.23. The van der Waals surface area contributed by atoms with E-state index in [1.54, 1.807) is 31.3 Å². The van der Waals surface area contributed by atoms with E-state index in [-0.39, 0.29) is 16.5 Å². The Kier molecular flexibility index (Phi) is 20.8. The van der Waals surface area contributed by atoms with E-state index in [0.717, 1.165) is 71.1 Å². The van der Waals surface area contributed by atoms with Crippen LogP contribution in [0.3, 0.4) is 0 Å². The number of halogens is 1. The van der Waals surface area contributed by atoms with Gasteiger partial charge in [-0.1, -0.05) is 54.3 Å². The maximum atomic E-state index is 14.3. The fourth-order valence-corrected chi connectivity index (χ4v) is 14.7. The Balaban J connectivity index is 0.000000150. The molecule has 2 atom stereocenters. The van der Waals surface area contributed by atoms with Gasteiger partial charge in [-0.2, -0.15) is 0 Å². The largest absolute Gasteiger partial charge is 0.497 e. The summed E-state index contributed by atoms with van der Waals surface area (Å²) in [6.45, 7) is 24.9. The first-order valence-corrected chi connectivity index (χ1v) is 32.4. The van der Waals surface area contributed by atoms with Gasteiger partial charge < -0.3 is 41.0 Å². The van der Waals surface area contributed by atoms with Crippen LogP contribution in [0, 0.1) is 26.6 Å². The van der Waals surface area contributed by atoms with Crippen LogP contribution in [-0.2, 0) is 26.1 Å². The minimum absolute atomic E-state index is 0.109. The maximum Gasteiger partial charge on any atom is 0.148 e. The van der Waals surface area contributed by atoms with Crippen molar-refractivity contribution < 1.29 is 23.0 Å². The van der Waals surface area contributed by atoms with Crippen LogP contribution in [0.1, 0.15) is 96.6 Å². The lowest BCUT2D eigenvalue weighted by molar-refractivity contribution is 0.137. The molecule has 5 aliphatic rings. The van der Waals surface area contributed by atoms with Crippen molar-refractivity contribution in [2.75, 3.05) is 28.3 Å². The highest BCUT2D eigenvalue weighted by atomic mass is 32.3. The van der Waals surface area contributed by atoms with Gasteiger partial charge in [-0.15, -0.1) is 0 Å². The molecule has 12 rings (SSSR count). The maximum absolute atomic E-state index is 14.3. The van der Waals surface area contributed by atoms with Gasteiger partial charge in [-0.3, -0.25) is 17.1 Å². The molecule has 8 N–H and O–H groups in total. The van der Waals surface area contributed by atoms with E-state index in [2.05, 4.69) is 174 Å². The van der Waals surface area contributed by atoms with Crippen molar-refractivity contribution in [1.29, 1.82) is 0 Å². The number of methoxy groups -OCH3 is 1. The number of hydrogen-bond acceptors (Lipinski definition) is 11. The van der Waals surface area contributed by atoms with Crippen LogP contribution in [-0.4, -0.2) is 71.9 Å². The number of rotatable bonds is 16. The zero-order valence-corrected chi connectivity index (χ0v) is 54.4. The normalized spacial score (nSPS) is 17.1. The first-order chi connectivity index (χ1) is 41.7. The second kappa shape index (κ2) is 28.2. The molecule has 87 heavy (non-hydrogen) atoms. The van der Waals surface area contributed by atoms with E-state index in [9.17, 15) is 13.5 Å². The van der Waals surface area contributed by atoms with Gasteiger partial charge in [0.2, 0.25) is 0 Å². The summed E-state index contributed by atoms with van der Waals surface area (Å²) in [7, 11) is 3.93. The second-order valence-electron chi connectivity index (χ2n) is 22.8. The van der Waals surface area contributed by atoms with Crippen molar-refractivity contribution >= 4 is 64.5 Å². The van der Waals surface area contributed by atoms with Crippen LogP contribution < -0.4 is 46.6 Å². The minimum Gasteiger partial charge on any atom is -0.497 e. The number of aromatic amines is 1. The van der Waals surface area contributed by atoms with Crippen molar-refractivity contribution in [3.63, 3.8) is 0 Å². The number of allylic oxidation sites excluding steroid dienone is 6. The summed E-state index contributed by atoms with van der Waals surface area (Å²) in [4.78, 5) is 5.32. The molecule has 2 unspecified atom stereocenters. The van der Waals surface area contributed by atoms with Crippen LogP contribution in [0.2, 0.25) is 0 Å². The minimum atomic E-state index is -3.56. The molecule has 0 saturated carbocycles. The summed E-state index contributed by atoms with van der Waals surface area (Å²) >= 11 is 3.56. The van der Waals surface area contributed by atoms with E-state index >= 15 is 0 Å². The van der Waals surface area contributed by atoms with Crippen LogP contribution in [0.5, 0.6) is 11.5 Å². The molecule has 2 aliphatic carbocycles. The Hall–Kier alpha value is -7.32. The van der Waals surface area contributed by atoms with Crippen molar-refractivity contribution in [3.05, 3.63) is 236 Å². The van der Waals surface area contributed by atoms with Crippen LogP contribution in [0.15, 0.2) is 178 Å². The van der Waals surface area contributed by atoms with Gasteiger partial charge in [0.15, 0.2) is 0 Å². The molecule has 458 valence electrons. The summed E-state index contributed by atoms with van der Waals surface area (Å²) in [6.07, 6.45) is 29.9. The summed E-state index contributed by atoms with van der Waals surface area (Å²) in [6, 6.07) is 23.0. The molecule has 7 heterocycles. The van der Waals surface area contributed by atoms with E-state index in [4.69, 9.17) is 9.47 Å². The monoisotopic (exact) mass is 1230 g/mol. The van der Waals surface area contributed by atoms with Gasteiger partial charge in [-0.25, -0.2) is 8.36 Å². The molecule has 3 aromatic carbocycles.